The van der Waals surface area contributed by atoms with Gasteiger partial charge in [0.1, 0.15) is 17.4 Å². The van der Waals surface area contributed by atoms with Crippen LogP contribution in [0.4, 0.5) is 5.69 Å². The summed E-state index contributed by atoms with van der Waals surface area (Å²) in [6, 6.07) is 12.1. The molecule has 1 heterocycles. The normalized spacial score (nSPS) is 26.9. The number of nitrogens with two attached hydrogens (primary N) is 1. The van der Waals surface area contributed by atoms with E-state index >= 15 is 0 Å². The highest BCUT2D eigenvalue weighted by Gasteiger charge is 2.67. The van der Waals surface area contributed by atoms with Gasteiger partial charge in [0.25, 0.3) is 17.5 Å². The number of likely N-dealkylation sites (N-methyl/N-ethyl adjacent to an activating group) is 1. The summed E-state index contributed by atoms with van der Waals surface area (Å²) in [7, 11) is 3.08. The SMILES string of the molecule is CN(C)[C@H]1C(O)C(C(N)=O)C(=O)[C@]2(O)C(=O)C3=C(O)c4c(O)c(CN5C(=O)c6ccccc6C5=O)cc(-c5cccc([N+](=O)[O-])c5)c4C[C@@H]3C[C@H]12. The predicted molar refractivity (Wildman–Crippen MR) is 177 cm³/mol. The van der Waals surface area contributed by atoms with Crippen LogP contribution in [0.1, 0.15) is 43.8 Å². The summed E-state index contributed by atoms with van der Waals surface area (Å²) in [5.41, 5.74) is 2.73. The number of aliphatic hydroxyl groups is 3. The molecule has 0 radical (unpaired) electrons. The molecule has 15 nitrogen and oxygen atoms in total. The standard InChI is InChI=1S/C36H32N4O11/c1-38(2)27-23-13-16-11-22-21(15-6-5-7-18(10-15)40(50)51)12-17(14-39-34(47)19-8-3-4-9-20(19)35(39)48)28(41)25(22)29(42)24(16)31(44)36(23,49)32(45)26(30(27)43)33(37)46/h3-10,12,16,23,26-27,30,41-43,49H,11,13-14H2,1-2H3,(H2,37,46)/t16-,23-,26?,27-,30?,36-/m1/s1. The van der Waals surface area contributed by atoms with E-state index in [9.17, 15) is 54.5 Å². The molecular formula is C36H32N4O11. The second-order valence-electron chi connectivity index (χ2n) is 13.6. The smallest absolute Gasteiger partial charge is 0.270 e. The molecule has 6 N–H and O–H groups in total. The first-order valence-electron chi connectivity index (χ1n) is 16.1. The molecule has 3 aromatic rings. The molecule has 4 aliphatic rings. The van der Waals surface area contributed by atoms with Crippen molar-refractivity contribution in [3.63, 3.8) is 0 Å². The number of nitrogens with zero attached hydrogens (tertiary/aromatic N) is 3. The number of carbonyl (C=O) groups is 5. The Morgan fingerprint density at radius 2 is 1.67 bits per heavy atom. The van der Waals surface area contributed by atoms with Crippen molar-refractivity contribution in [1.82, 2.24) is 9.80 Å². The minimum absolute atomic E-state index is 0.0476. The van der Waals surface area contributed by atoms with Crippen LogP contribution in [0.25, 0.3) is 16.9 Å². The van der Waals surface area contributed by atoms with Crippen LogP contribution in [0.2, 0.25) is 0 Å². The number of hydrogen-bond acceptors (Lipinski definition) is 12. The van der Waals surface area contributed by atoms with Crippen molar-refractivity contribution in [3.05, 3.63) is 98.1 Å². The van der Waals surface area contributed by atoms with Gasteiger partial charge in [0.2, 0.25) is 11.7 Å². The highest BCUT2D eigenvalue weighted by Crippen LogP contribution is 2.54. The van der Waals surface area contributed by atoms with Crippen molar-refractivity contribution in [3.8, 4) is 16.9 Å². The number of benzene rings is 3. The summed E-state index contributed by atoms with van der Waals surface area (Å²) in [6.45, 7) is -0.486. The van der Waals surface area contributed by atoms with Crippen LogP contribution in [0.15, 0.2) is 60.2 Å². The van der Waals surface area contributed by atoms with Gasteiger partial charge in [-0.25, -0.2) is 0 Å². The fourth-order valence-electron chi connectivity index (χ4n) is 8.45. The van der Waals surface area contributed by atoms with E-state index in [1.165, 1.54) is 41.3 Å². The molecule has 51 heavy (non-hydrogen) atoms. The minimum Gasteiger partial charge on any atom is -0.507 e. The maximum atomic E-state index is 14.4. The first-order chi connectivity index (χ1) is 24.1. The molecule has 0 spiro atoms. The predicted octanol–water partition coefficient (Wildman–Crippen LogP) is 1.50. The molecule has 2 fully saturated rings. The van der Waals surface area contributed by atoms with Crippen LogP contribution in [-0.2, 0) is 27.3 Å². The number of carbonyl (C=O) groups excluding carboxylic acids is 5. The molecule has 0 aromatic heterocycles. The maximum absolute atomic E-state index is 14.4. The van der Waals surface area contributed by atoms with Crippen molar-refractivity contribution in [1.29, 1.82) is 0 Å². The topological polar surface area (TPSA) is 242 Å². The van der Waals surface area contributed by atoms with E-state index in [1.807, 2.05) is 0 Å². The molecule has 262 valence electrons. The zero-order chi connectivity index (χ0) is 36.8. The van der Waals surface area contributed by atoms with Crippen LogP contribution in [0, 0.1) is 27.9 Å². The van der Waals surface area contributed by atoms with Crippen LogP contribution >= 0.6 is 0 Å². The number of nitro groups is 1. The quantitative estimate of drug-likeness (QED) is 0.107. The van der Waals surface area contributed by atoms with Crippen molar-refractivity contribution in [2.24, 2.45) is 23.5 Å². The molecule has 2 saturated carbocycles. The van der Waals surface area contributed by atoms with E-state index in [0.29, 0.717) is 0 Å². The summed E-state index contributed by atoms with van der Waals surface area (Å²) in [5, 5.41) is 58.5. The van der Waals surface area contributed by atoms with Gasteiger partial charge in [-0.1, -0.05) is 24.3 Å². The number of Topliss-reactive ketones (excluding diaryl/α,β-unsaturated/α-hetero) is 2. The second-order valence-corrected chi connectivity index (χ2v) is 13.6. The van der Waals surface area contributed by atoms with Crippen LogP contribution in [0.5, 0.6) is 5.75 Å². The molecule has 15 heteroatoms. The molecule has 0 saturated heterocycles. The minimum atomic E-state index is -2.87. The number of aromatic hydroxyl groups is 1. The number of non-ortho nitro benzene ring substituents is 1. The number of ketones is 2. The fourth-order valence-corrected chi connectivity index (χ4v) is 8.45. The van der Waals surface area contributed by atoms with E-state index in [0.717, 1.165) is 4.90 Å². The van der Waals surface area contributed by atoms with Gasteiger partial charge < -0.3 is 31.1 Å². The van der Waals surface area contributed by atoms with Gasteiger partial charge in [0.15, 0.2) is 11.4 Å². The third-order valence-corrected chi connectivity index (χ3v) is 10.7. The lowest BCUT2D eigenvalue weighted by molar-refractivity contribution is -0.384. The summed E-state index contributed by atoms with van der Waals surface area (Å²) in [4.78, 5) is 80.5. The molecule has 3 amide bonds. The highest BCUT2D eigenvalue weighted by molar-refractivity contribution is 6.25. The lowest BCUT2D eigenvalue weighted by Gasteiger charge is -2.53. The molecule has 0 bridgehead atoms. The molecule has 1 aliphatic heterocycles. The number of hydrogen-bond donors (Lipinski definition) is 5. The number of nitro benzene ring substituents is 1. The van der Waals surface area contributed by atoms with E-state index in [-0.39, 0.29) is 57.5 Å². The highest BCUT2D eigenvalue weighted by atomic mass is 16.6. The number of phenols is 1. The van der Waals surface area contributed by atoms with Gasteiger partial charge in [-0.15, -0.1) is 0 Å². The second kappa shape index (κ2) is 11.7. The molecule has 2 unspecified atom stereocenters. The van der Waals surface area contributed by atoms with Gasteiger partial charge in [-0.05, 0) is 67.7 Å². The Morgan fingerprint density at radius 3 is 2.25 bits per heavy atom. The van der Waals surface area contributed by atoms with E-state index < -0.39 is 93.3 Å². The number of aliphatic hydroxyl groups excluding tert-OH is 2. The Hall–Kier alpha value is -5.77. The van der Waals surface area contributed by atoms with Crippen molar-refractivity contribution in [2.45, 2.75) is 37.1 Å². The van der Waals surface area contributed by atoms with Crippen LogP contribution in [0.3, 0.4) is 0 Å². The molecular weight excluding hydrogens is 664 g/mol. The first-order valence-corrected chi connectivity index (χ1v) is 16.1. The average molecular weight is 697 g/mol. The van der Waals surface area contributed by atoms with E-state index in [2.05, 4.69) is 0 Å². The molecule has 6 atom stereocenters. The van der Waals surface area contributed by atoms with Gasteiger partial charge in [-0.2, -0.15) is 0 Å². The third kappa shape index (κ3) is 4.72. The molecule has 7 rings (SSSR count). The largest absolute Gasteiger partial charge is 0.507 e. The summed E-state index contributed by atoms with van der Waals surface area (Å²) < 4.78 is 0. The zero-order valence-electron chi connectivity index (χ0n) is 27.3. The Kier molecular flexibility index (Phi) is 7.70. The Bertz CT molecular complexity index is 2120. The number of phenolic OH excluding ortho intramolecular Hbond substituents is 1. The van der Waals surface area contributed by atoms with Crippen molar-refractivity contribution in [2.75, 3.05) is 14.1 Å². The zero-order valence-corrected chi connectivity index (χ0v) is 27.3. The number of amides is 3. The third-order valence-electron chi connectivity index (χ3n) is 10.7. The van der Waals surface area contributed by atoms with Crippen molar-refractivity contribution < 1.29 is 49.3 Å². The lowest BCUT2D eigenvalue weighted by atomic mass is 9.54. The van der Waals surface area contributed by atoms with Crippen molar-refractivity contribution >= 4 is 40.7 Å². The Morgan fingerprint density at radius 1 is 1.02 bits per heavy atom. The van der Waals surface area contributed by atoms with E-state index in [4.69, 9.17) is 5.73 Å². The van der Waals surface area contributed by atoms with Gasteiger partial charge >= 0.3 is 0 Å². The van der Waals surface area contributed by atoms with Gasteiger partial charge in [0, 0.05) is 35.2 Å². The number of rotatable bonds is 6. The van der Waals surface area contributed by atoms with Gasteiger partial charge in [-0.3, -0.25) is 39.0 Å². The maximum Gasteiger partial charge on any atom is 0.270 e. The summed E-state index contributed by atoms with van der Waals surface area (Å²) in [6.07, 6.45) is -1.87. The molecule has 3 aromatic carbocycles. The van der Waals surface area contributed by atoms with Crippen LogP contribution in [-0.4, -0.2) is 96.3 Å². The monoisotopic (exact) mass is 696 g/mol. The summed E-state index contributed by atoms with van der Waals surface area (Å²) in [5.74, 6) is -10.5. The Balaban J connectivity index is 1.42. The first kappa shape index (κ1) is 33.7. The van der Waals surface area contributed by atoms with Gasteiger partial charge in [0.05, 0.1) is 34.3 Å². The fraction of sp³-hybridized carbons (Fsp3) is 0.306. The summed E-state index contributed by atoms with van der Waals surface area (Å²) >= 11 is 0. The Labute approximate surface area is 289 Å². The molecule has 3 aliphatic carbocycles. The number of fused-ring (bicyclic) bond motifs is 4. The number of imide groups is 1. The number of primary amides is 1. The lowest BCUT2D eigenvalue weighted by Crippen LogP contribution is -2.73. The van der Waals surface area contributed by atoms with Crippen LogP contribution < -0.4 is 5.73 Å². The van der Waals surface area contributed by atoms with E-state index in [1.54, 1.807) is 32.3 Å². The average Bonchev–Trinajstić information content (AvgIpc) is 3.32.